The van der Waals surface area contributed by atoms with Gasteiger partial charge in [-0.3, -0.25) is 0 Å². The number of alkyl halides is 1. The summed E-state index contributed by atoms with van der Waals surface area (Å²) in [4.78, 5) is 11.1. The number of aromatic nitrogens is 3. The van der Waals surface area contributed by atoms with Crippen molar-refractivity contribution in [3.8, 4) is 22.8 Å². The summed E-state index contributed by atoms with van der Waals surface area (Å²) in [7, 11) is 1.55. The first-order chi connectivity index (χ1) is 12.3. The van der Waals surface area contributed by atoms with Crippen LogP contribution in [-0.4, -0.2) is 26.1 Å². The Morgan fingerprint density at radius 3 is 2.12 bits per heavy atom. The molecular formula is C19H18FN3O3. The first-order valence-electron chi connectivity index (χ1n) is 7.96. The Kier molecular flexibility index (Phi) is 4.46. The predicted molar refractivity (Wildman–Crippen MR) is 94.0 cm³/mol. The second kappa shape index (κ2) is 6.59. The van der Waals surface area contributed by atoms with Gasteiger partial charge in [0.2, 0.25) is 5.69 Å². The van der Waals surface area contributed by atoms with Crippen molar-refractivity contribution in [3.63, 3.8) is 0 Å². The quantitative estimate of drug-likeness (QED) is 0.743. The molecule has 6 nitrogen and oxygen atoms in total. The van der Waals surface area contributed by atoms with E-state index >= 15 is 0 Å². The largest absolute Gasteiger partial charge is 0.476 e. The molecule has 0 spiro atoms. The Bertz CT molecular complexity index is 926. The molecule has 0 radical (unpaired) electrons. The first kappa shape index (κ1) is 17.6. The van der Waals surface area contributed by atoms with Gasteiger partial charge in [-0.25, -0.2) is 13.9 Å². The van der Waals surface area contributed by atoms with Gasteiger partial charge in [0, 0.05) is 7.05 Å². The van der Waals surface area contributed by atoms with Crippen molar-refractivity contribution in [2.24, 2.45) is 7.05 Å². The minimum Gasteiger partial charge on any atom is -0.476 e. The molecular weight excluding hydrogens is 337 g/mol. The molecule has 1 aromatic heterocycles. The van der Waals surface area contributed by atoms with Crippen molar-refractivity contribution in [2.75, 3.05) is 0 Å². The molecule has 2 aromatic carbocycles. The molecule has 1 heterocycles. The van der Waals surface area contributed by atoms with Crippen LogP contribution in [0.4, 0.5) is 4.39 Å². The Labute approximate surface area is 149 Å². The fourth-order valence-electron chi connectivity index (χ4n) is 2.48. The lowest BCUT2D eigenvalue weighted by molar-refractivity contribution is 0.0687. The van der Waals surface area contributed by atoms with Gasteiger partial charge < -0.3 is 9.84 Å². The number of ether oxygens (including phenoxy) is 1. The number of carbonyl (C=O) groups is 1. The Hall–Kier alpha value is -3.22. The van der Waals surface area contributed by atoms with Gasteiger partial charge in [-0.2, -0.15) is 0 Å². The summed E-state index contributed by atoms with van der Waals surface area (Å²) < 4.78 is 20.8. The lowest BCUT2D eigenvalue weighted by Crippen LogP contribution is -2.08. The highest BCUT2D eigenvalue weighted by Crippen LogP contribution is 2.29. The number of carboxylic acid groups (broad SMARTS) is 1. The van der Waals surface area contributed by atoms with Crippen LogP contribution in [0.1, 0.15) is 29.9 Å². The van der Waals surface area contributed by atoms with Crippen molar-refractivity contribution in [2.45, 2.75) is 19.5 Å². The maximum Gasteiger partial charge on any atom is 0.362 e. The second-order valence-electron chi connectivity index (χ2n) is 6.35. The standard InChI is InChI=1S/C19H18FN3O3/c1-19(2,20)14-8-4-12(5-9-14)13-6-10-15(11-7-13)26-17-16(18(24)25)21-22-23(17)3/h4-11H,1-3H3,(H,24,25). The van der Waals surface area contributed by atoms with E-state index in [9.17, 15) is 9.18 Å². The number of rotatable bonds is 5. The van der Waals surface area contributed by atoms with E-state index in [0.29, 0.717) is 11.3 Å². The van der Waals surface area contributed by atoms with E-state index in [1.54, 1.807) is 31.3 Å². The molecule has 3 rings (SSSR count). The number of hydrogen-bond donors (Lipinski definition) is 1. The number of halogens is 1. The number of nitrogens with zero attached hydrogens (tertiary/aromatic N) is 3. The topological polar surface area (TPSA) is 77.2 Å². The zero-order valence-electron chi connectivity index (χ0n) is 14.6. The molecule has 0 aliphatic heterocycles. The average Bonchev–Trinajstić information content (AvgIpc) is 2.96. The lowest BCUT2D eigenvalue weighted by Gasteiger charge is -2.15. The van der Waals surface area contributed by atoms with Crippen LogP contribution >= 0.6 is 0 Å². The lowest BCUT2D eigenvalue weighted by atomic mass is 9.97. The van der Waals surface area contributed by atoms with Crippen LogP contribution in [0.3, 0.4) is 0 Å². The van der Waals surface area contributed by atoms with Crippen LogP contribution < -0.4 is 4.74 Å². The Morgan fingerprint density at radius 1 is 1.08 bits per heavy atom. The highest BCUT2D eigenvalue weighted by molar-refractivity contribution is 5.87. The maximum atomic E-state index is 13.9. The van der Waals surface area contributed by atoms with Crippen molar-refractivity contribution in [3.05, 3.63) is 59.8 Å². The van der Waals surface area contributed by atoms with E-state index in [0.717, 1.165) is 11.1 Å². The molecule has 0 bridgehead atoms. The highest BCUT2D eigenvalue weighted by atomic mass is 19.1. The number of benzene rings is 2. The van der Waals surface area contributed by atoms with Crippen molar-refractivity contribution in [1.82, 2.24) is 15.0 Å². The summed E-state index contributed by atoms with van der Waals surface area (Å²) >= 11 is 0. The molecule has 134 valence electrons. The molecule has 26 heavy (non-hydrogen) atoms. The summed E-state index contributed by atoms with van der Waals surface area (Å²) in [5, 5.41) is 16.3. The molecule has 0 atom stereocenters. The predicted octanol–water partition coefficient (Wildman–Crippen LogP) is 4.18. The number of carboxylic acids is 1. The first-order valence-corrected chi connectivity index (χ1v) is 7.96. The molecule has 0 saturated heterocycles. The number of aromatic carboxylic acids is 1. The van der Waals surface area contributed by atoms with E-state index in [4.69, 9.17) is 9.84 Å². The van der Waals surface area contributed by atoms with Crippen molar-refractivity contribution in [1.29, 1.82) is 0 Å². The maximum absolute atomic E-state index is 13.9. The van der Waals surface area contributed by atoms with Crippen LogP contribution in [0.15, 0.2) is 48.5 Å². The van der Waals surface area contributed by atoms with Crippen LogP contribution in [0, 0.1) is 0 Å². The molecule has 0 fully saturated rings. The van der Waals surface area contributed by atoms with Gasteiger partial charge in [0.25, 0.3) is 5.88 Å². The van der Waals surface area contributed by atoms with Gasteiger partial charge in [0.05, 0.1) is 0 Å². The zero-order valence-corrected chi connectivity index (χ0v) is 14.6. The van der Waals surface area contributed by atoms with Gasteiger partial charge in [0.15, 0.2) is 0 Å². The number of hydrogen-bond acceptors (Lipinski definition) is 4. The van der Waals surface area contributed by atoms with Gasteiger partial charge in [-0.15, -0.1) is 5.10 Å². The van der Waals surface area contributed by atoms with Crippen molar-refractivity contribution < 1.29 is 19.0 Å². The van der Waals surface area contributed by atoms with E-state index in [1.807, 2.05) is 24.3 Å². The molecule has 0 aliphatic rings. The Morgan fingerprint density at radius 2 is 1.62 bits per heavy atom. The zero-order chi connectivity index (χ0) is 18.9. The fourth-order valence-corrected chi connectivity index (χ4v) is 2.48. The normalized spacial score (nSPS) is 11.4. The average molecular weight is 355 g/mol. The minimum absolute atomic E-state index is 0.0554. The number of aryl methyl sites for hydroxylation is 1. The van der Waals surface area contributed by atoms with Gasteiger partial charge in [0.1, 0.15) is 11.4 Å². The molecule has 1 N–H and O–H groups in total. The monoisotopic (exact) mass is 355 g/mol. The van der Waals surface area contributed by atoms with Gasteiger partial charge in [-0.1, -0.05) is 41.6 Å². The molecule has 7 heteroatoms. The van der Waals surface area contributed by atoms with E-state index in [2.05, 4.69) is 10.3 Å². The molecule has 0 aliphatic carbocycles. The van der Waals surface area contributed by atoms with Gasteiger partial charge in [-0.05, 0) is 42.7 Å². The molecule has 0 unspecified atom stereocenters. The summed E-state index contributed by atoms with van der Waals surface area (Å²) in [6.45, 7) is 3.04. The fraction of sp³-hybridized carbons (Fsp3) is 0.211. The highest BCUT2D eigenvalue weighted by Gasteiger charge is 2.20. The van der Waals surface area contributed by atoms with Crippen LogP contribution in [-0.2, 0) is 12.7 Å². The smallest absolute Gasteiger partial charge is 0.362 e. The van der Waals surface area contributed by atoms with E-state index < -0.39 is 11.6 Å². The summed E-state index contributed by atoms with van der Waals surface area (Å²) in [6, 6.07) is 14.4. The molecule has 3 aromatic rings. The van der Waals surface area contributed by atoms with Crippen LogP contribution in [0.25, 0.3) is 11.1 Å². The third-order valence-corrected chi connectivity index (χ3v) is 3.95. The summed E-state index contributed by atoms with van der Waals surface area (Å²) in [5.41, 5.74) is 0.863. The van der Waals surface area contributed by atoms with E-state index in [-0.39, 0.29) is 11.6 Å². The van der Waals surface area contributed by atoms with Crippen molar-refractivity contribution >= 4 is 5.97 Å². The third kappa shape index (κ3) is 3.56. The Balaban J connectivity index is 1.81. The van der Waals surface area contributed by atoms with Gasteiger partial charge >= 0.3 is 5.97 Å². The minimum atomic E-state index is -1.38. The SMILES string of the molecule is Cn1nnc(C(=O)O)c1Oc1ccc(-c2ccc(C(C)(C)F)cc2)cc1. The summed E-state index contributed by atoms with van der Waals surface area (Å²) in [6.07, 6.45) is 0. The third-order valence-electron chi connectivity index (χ3n) is 3.95. The molecule has 0 saturated carbocycles. The van der Waals surface area contributed by atoms with Crippen LogP contribution in [0.2, 0.25) is 0 Å². The molecule has 0 amide bonds. The van der Waals surface area contributed by atoms with Crippen LogP contribution in [0.5, 0.6) is 11.6 Å². The second-order valence-corrected chi connectivity index (χ2v) is 6.35. The van der Waals surface area contributed by atoms with E-state index in [1.165, 1.54) is 18.5 Å². The summed E-state index contributed by atoms with van der Waals surface area (Å²) in [5.74, 6) is -0.691.